The highest BCUT2D eigenvalue weighted by atomic mass is 31.2. The second kappa shape index (κ2) is 26.0. The second-order valence-corrected chi connectivity index (χ2v) is 13.3. The van der Waals surface area contributed by atoms with Gasteiger partial charge in [-0.25, -0.2) is 9.13 Å². The van der Waals surface area contributed by atoms with E-state index in [2.05, 4.69) is 4.52 Å². The van der Waals surface area contributed by atoms with E-state index in [0.717, 1.165) is 25.7 Å². The van der Waals surface area contributed by atoms with E-state index < -0.39 is 97.5 Å². The molecule has 0 aliphatic carbocycles. The predicted molar refractivity (Wildman–Crippen MR) is 165 cm³/mol. The van der Waals surface area contributed by atoms with Crippen LogP contribution in [0.5, 0.6) is 0 Å². The lowest BCUT2D eigenvalue weighted by Gasteiger charge is -2.21. The number of rotatable bonds is 29. The lowest BCUT2D eigenvalue weighted by Crippen LogP contribution is -2.30. The number of aliphatic hydroxyl groups excluding tert-OH is 1. The van der Waals surface area contributed by atoms with Crippen molar-refractivity contribution in [1.29, 1.82) is 0 Å². The molecule has 0 rings (SSSR count). The first-order chi connectivity index (χ1) is 22.2. The lowest BCUT2D eigenvalue weighted by atomic mass is 10.2. The molecule has 0 bridgehead atoms. The van der Waals surface area contributed by atoms with Crippen LogP contribution in [0.4, 0.5) is 0 Å². The molecule has 19 heteroatoms. The molecule has 0 aromatic carbocycles. The van der Waals surface area contributed by atoms with E-state index in [0.29, 0.717) is 19.3 Å². The van der Waals surface area contributed by atoms with Gasteiger partial charge in [0.15, 0.2) is 12.2 Å². The number of esters is 4. The van der Waals surface area contributed by atoms with Gasteiger partial charge < -0.3 is 33.8 Å². The largest absolute Gasteiger partial charge is 0.472 e. The molecule has 276 valence electrons. The Labute approximate surface area is 276 Å². The van der Waals surface area contributed by atoms with E-state index in [1.54, 1.807) is 6.92 Å². The van der Waals surface area contributed by atoms with Crippen LogP contribution in [0, 0.1) is 0 Å². The number of hydrogen-bond acceptors (Lipinski definition) is 15. The summed E-state index contributed by atoms with van der Waals surface area (Å²) in [7, 11) is -9.72. The number of ether oxygens (including phenoxy) is 4. The highest BCUT2D eigenvalue weighted by Crippen LogP contribution is 2.45. The molecule has 0 aliphatic heterocycles. The molecule has 3 N–H and O–H groups in total. The van der Waals surface area contributed by atoms with E-state index in [-0.39, 0.29) is 25.7 Å². The minimum absolute atomic E-state index is 0.0184. The molecule has 0 amide bonds. The summed E-state index contributed by atoms with van der Waals surface area (Å²) in [6, 6.07) is 0. The first-order valence-electron chi connectivity index (χ1n) is 15.8. The van der Waals surface area contributed by atoms with Crippen molar-refractivity contribution in [2.45, 2.75) is 117 Å². The van der Waals surface area contributed by atoms with Gasteiger partial charge in [0, 0.05) is 25.7 Å². The Morgan fingerprint density at radius 1 is 0.532 bits per heavy atom. The number of unbranched alkanes of at least 4 members (excludes halogenated alkanes) is 4. The van der Waals surface area contributed by atoms with E-state index in [1.807, 2.05) is 13.8 Å². The molecule has 0 aromatic rings. The van der Waals surface area contributed by atoms with Crippen LogP contribution in [0.25, 0.3) is 0 Å². The van der Waals surface area contributed by atoms with E-state index in [4.69, 9.17) is 32.5 Å². The zero-order valence-electron chi connectivity index (χ0n) is 27.7. The molecule has 0 radical (unpaired) electrons. The summed E-state index contributed by atoms with van der Waals surface area (Å²) in [5.41, 5.74) is 0. The van der Waals surface area contributed by atoms with Gasteiger partial charge in [-0.2, -0.15) is 0 Å². The standard InChI is InChI=1S/C28H52O17P2/c1-5-9-11-12-15-27(32)39-19-24(45-28(33)13-7-3)21-43-47(36,37)41-17-22(29)16-40-46(34,35)42-20-23(44-25(30)8-4)18-38-26(31)14-10-6-2/h22-24,29H,5-21H2,1-4H3,(H,34,35)(H,36,37)/t22-,23+,24+/m0/s1. The molecule has 0 spiro atoms. The van der Waals surface area contributed by atoms with Crippen LogP contribution >= 0.6 is 15.6 Å². The van der Waals surface area contributed by atoms with Crippen molar-refractivity contribution in [2.24, 2.45) is 0 Å². The van der Waals surface area contributed by atoms with Gasteiger partial charge in [0.05, 0.1) is 26.4 Å². The smallest absolute Gasteiger partial charge is 0.462 e. The summed E-state index contributed by atoms with van der Waals surface area (Å²) in [4.78, 5) is 67.3. The maximum absolute atomic E-state index is 12.3. The average molecular weight is 723 g/mol. The molecule has 0 aliphatic rings. The Morgan fingerprint density at radius 3 is 1.43 bits per heavy atom. The number of carbonyl (C=O) groups excluding carboxylic acids is 4. The van der Waals surface area contributed by atoms with Gasteiger partial charge >= 0.3 is 39.5 Å². The molecule has 17 nitrogen and oxygen atoms in total. The van der Waals surface area contributed by atoms with Gasteiger partial charge in [-0.15, -0.1) is 0 Å². The van der Waals surface area contributed by atoms with Gasteiger partial charge in [-0.05, 0) is 19.3 Å². The molecule has 0 saturated carbocycles. The molecule has 0 aromatic heterocycles. The lowest BCUT2D eigenvalue weighted by molar-refractivity contribution is -0.161. The third-order valence-electron chi connectivity index (χ3n) is 5.88. The average Bonchev–Trinajstić information content (AvgIpc) is 3.02. The van der Waals surface area contributed by atoms with Crippen LogP contribution in [0.1, 0.15) is 98.3 Å². The van der Waals surface area contributed by atoms with Crippen LogP contribution < -0.4 is 0 Å². The van der Waals surface area contributed by atoms with Crippen LogP contribution in [-0.4, -0.2) is 96.7 Å². The molecule has 5 atom stereocenters. The molecule has 0 heterocycles. The van der Waals surface area contributed by atoms with E-state index >= 15 is 0 Å². The fourth-order valence-corrected chi connectivity index (χ4v) is 4.90. The molecular formula is C28H52O17P2. The second-order valence-electron chi connectivity index (χ2n) is 10.4. The minimum Gasteiger partial charge on any atom is -0.462 e. The summed E-state index contributed by atoms with van der Waals surface area (Å²) in [5, 5.41) is 10.0. The van der Waals surface area contributed by atoms with Crippen molar-refractivity contribution < 1.29 is 80.2 Å². The van der Waals surface area contributed by atoms with Gasteiger partial charge in [0.1, 0.15) is 19.3 Å². The third kappa shape index (κ3) is 25.7. The Kier molecular flexibility index (Phi) is 24.9. The fourth-order valence-electron chi connectivity index (χ4n) is 3.32. The molecule has 0 saturated heterocycles. The van der Waals surface area contributed by atoms with Crippen molar-refractivity contribution in [2.75, 3.05) is 39.6 Å². The Balaban J connectivity index is 4.83. The van der Waals surface area contributed by atoms with Crippen molar-refractivity contribution in [3.8, 4) is 0 Å². The van der Waals surface area contributed by atoms with Crippen molar-refractivity contribution in [1.82, 2.24) is 0 Å². The zero-order chi connectivity index (χ0) is 35.7. The minimum atomic E-state index is -4.86. The van der Waals surface area contributed by atoms with Crippen LogP contribution in [0.3, 0.4) is 0 Å². The Morgan fingerprint density at radius 2 is 0.979 bits per heavy atom. The summed E-state index contributed by atoms with van der Waals surface area (Å²) in [6.07, 6.45) is 1.42. The number of aliphatic hydroxyl groups is 1. The summed E-state index contributed by atoms with van der Waals surface area (Å²) >= 11 is 0. The number of phosphoric acid groups is 2. The third-order valence-corrected chi connectivity index (χ3v) is 7.78. The predicted octanol–water partition coefficient (Wildman–Crippen LogP) is 3.90. The summed E-state index contributed by atoms with van der Waals surface area (Å²) in [6.45, 7) is 3.14. The molecule has 2 unspecified atom stereocenters. The normalized spacial score (nSPS) is 15.8. The first kappa shape index (κ1) is 45.1. The van der Waals surface area contributed by atoms with Crippen molar-refractivity contribution in [3.63, 3.8) is 0 Å². The number of hydrogen-bond donors (Lipinski definition) is 3. The first-order valence-corrected chi connectivity index (χ1v) is 18.8. The quantitative estimate of drug-likeness (QED) is 0.0429. The maximum Gasteiger partial charge on any atom is 0.472 e. The molecular weight excluding hydrogens is 670 g/mol. The van der Waals surface area contributed by atoms with Gasteiger partial charge in [0.2, 0.25) is 0 Å². The van der Waals surface area contributed by atoms with Crippen molar-refractivity contribution >= 4 is 39.5 Å². The summed E-state index contributed by atoms with van der Waals surface area (Å²) in [5.74, 6) is -2.40. The molecule has 0 fully saturated rings. The Hall–Kier alpha value is -1.94. The highest BCUT2D eigenvalue weighted by Gasteiger charge is 2.30. The highest BCUT2D eigenvalue weighted by molar-refractivity contribution is 7.47. The SMILES string of the molecule is CCCCCCC(=O)OC[C@H](COP(=O)(O)OC[C@@H](O)COP(=O)(O)OC[C@@H](COC(=O)CCCC)OC(=O)CC)OC(=O)CCC. The molecule has 47 heavy (non-hydrogen) atoms. The van der Waals surface area contributed by atoms with Gasteiger partial charge in [-0.1, -0.05) is 53.4 Å². The monoisotopic (exact) mass is 722 g/mol. The maximum atomic E-state index is 12.3. The van der Waals surface area contributed by atoms with Crippen LogP contribution in [0.15, 0.2) is 0 Å². The topological polar surface area (TPSA) is 237 Å². The van der Waals surface area contributed by atoms with Gasteiger partial charge in [-0.3, -0.25) is 37.3 Å². The fraction of sp³-hybridized carbons (Fsp3) is 0.857. The Bertz CT molecular complexity index is 1010. The van der Waals surface area contributed by atoms with E-state index in [9.17, 15) is 43.2 Å². The number of phosphoric ester groups is 2. The van der Waals surface area contributed by atoms with Crippen LogP contribution in [-0.2, 0) is 65.4 Å². The van der Waals surface area contributed by atoms with E-state index in [1.165, 1.54) is 6.92 Å². The van der Waals surface area contributed by atoms with Crippen LogP contribution in [0.2, 0.25) is 0 Å². The zero-order valence-corrected chi connectivity index (χ0v) is 29.5. The number of carbonyl (C=O) groups is 4. The summed E-state index contributed by atoms with van der Waals surface area (Å²) < 4.78 is 64.0. The van der Waals surface area contributed by atoms with Gasteiger partial charge in [0.25, 0.3) is 0 Å². The van der Waals surface area contributed by atoms with Crippen molar-refractivity contribution in [3.05, 3.63) is 0 Å².